The third-order valence-electron chi connectivity index (χ3n) is 6.25. The highest BCUT2D eigenvalue weighted by Gasteiger charge is 2.31. The summed E-state index contributed by atoms with van der Waals surface area (Å²) in [5, 5.41) is 9.76. The third-order valence-corrected chi connectivity index (χ3v) is 6.25. The highest BCUT2D eigenvalue weighted by Crippen LogP contribution is 2.38. The highest BCUT2D eigenvalue weighted by molar-refractivity contribution is 5.88. The van der Waals surface area contributed by atoms with E-state index >= 15 is 0 Å². The number of carboxylic acid groups (broad SMARTS) is 1. The minimum atomic E-state index is -1.02. The summed E-state index contributed by atoms with van der Waals surface area (Å²) in [6.45, 7) is 0.718. The summed E-state index contributed by atoms with van der Waals surface area (Å²) in [6, 6.07) is 26.1. The second-order valence-electron chi connectivity index (χ2n) is 8.32. The largest absolute Gasteiger partial charge is 0.497 e. The molecular formula is C28H25N3O3. The van der Waals surface area contributed by atoms with Crippen molar-refractivity contribution in [2.24, 2.45) is 0 Å². The van der Waals surface area contributed by atoms with Gasteiger partial charge in [0.1, 0.15) is 5.75 Å². The average molecular weight is 452 g/mol. The van der Waals surface area contributed by atoms with Gasteiger partial charge < -0.3 is 14.7 Å². The van der Waals surface area contributed by atoms with Gasteiger partial charge in [-0.3, -0.25) is 0 Å². The number of hydrogen-bond donors (Lipinski definition) is 1. The molecule has 1 aliphatic heterocycles. The fourth-order valence-electron chi connectivity index (χ4n) is 4.60. The second kappa shape index (κ2) is 9.35. The molecule has 1 N–H and O–H groups in total. The Kier molecular flexibility index (Phi) is 5.95. The molecule has 0 fully saturated rings. The van der Waals surface area contributed by atoms with E-state index in [9.17, 15) is 9.90 Å². The smallest absolute Gasteiger partial charge is 0.339 e. The van der Waals surface area contributed by atoms with Crippen LogP contribution in [0, 0.1) is 0 Å². The van der Waals surface area contributed by atoms with Gasteiger partial charge in [-0.15, -0.1) is 0 Å². The van der Waals surface area contributed by atoms with Crippen LogP contribution in [0.3, 0.4) is 0 Å². The predicted molar refractivity (Wildman–Crippen MR) is 131 cm³/mol. The van der Waals surface area contributed by atoms with Crippen LogP contribution < -0.4 is 9.64 Å². The molecule has 4 aromatic rings. The van der Waals surface area contributed by atoms with Gasteiger partial charge in [0.05, 0.1) is 24.4 Å². The predicted octanol–water partition coefficient (Wildman–Crippen LogP) is 4.93. The van der Waals surface area contributed by atoms with Crippen LogP contribution >= 0.6 is 0 Å². The van der Waals surface area contributed by atoms with Gasteiger partial charge in [-0.25, -0.2) is 14.8 Å². The van der Waals surface area contributed by atoms with Crippen molar-refractivity contribution in [1.82, 2.24) is 9.97 Å². The maximum Gasteiger partial charge on any atom is 0.339 e. The van der Waals surface area contributed by atoms with Crippen molar-refractivity contribution in [2.45, 2.75) is 18.9 Å². The van der Waals surface area contributed by atoms with E-state index in [4.69, 9.17) is 9.72 Å². The number of carboxylic acids is 1. The zero-order chi connectivity index (χ0) is 23.5. The lowest BCUT2D eigenvalue weighted by Crippen LogP contribution is -2.37. The van der Waals surface area contributed by atoms with Crippen LogP contribution in [-0.2, 0) is 12.8 Å². The SMILES string of the molecule is COc1cccc([C@@H]2c3ccccc3CCN2c2ncc(C(=O)O)c(Cc3ccccc3)n2)c1. The van der Waals surface area contributed by atoms with Crippen LogP contribution in [0.25, 0.3) is 0 Å². The van der Waals surface area contributed by atoms with E-state index in [0.29, 0.717) is 18.1 Å². The summed E-state index contributed by atoms with van der Waals surface area (Å²) in [6.07, 6.45) is 2.72. The number of aromatic carboxylic acids is 1. The number of benzene rings is 3. The van der Waals surface area contributed by atoms with Crippen LogP contribution in [0.5, 0.6) is 5.75 Å². The van der Waals surface area contributed by atoms with Crippen molar-refractivity contribution in [2.75, 3.05) is 18.6 Å². The van der Waals surface area contributed by atoms with Crippen molar-refractivity contribution < 1.29 is 14.6 Å². The summed E-state index contributed by atoms with van der Waals surface area (Å²) in [5.74, 6) is 0.288. The summed E-state index contributed by atoms with van der Waals surface area (Å²) in [4.78, 5) is 23.4. The molecule has 0 bridgehead atoms. The van der Waals surface area contributed by atoms with Crippen LogP contribution in [0.4, 0.5) is 5.95 Å². The molecule has 0 spiro atoms. The Morgan fingerprint density at radius 3 is 2.65 bits per heavy atom. The number of anilines is 1. The van der Waals surface area contributed by atoms with E-state index < -0.39 is 5.97 Å². The highest BCUT2D eigenvalue weighted by atomic mass is 16.5. The first-order valence-electron chi connectivity index (χ1n) is 11.3. The minimum Gasteiger partial charge on any atom is -0.497 e. The molecule has 0 unspecified atom stereocenters. The van der Waals surface area contributed by atoms with Crippen molar-refractivity contribution in [1.29, 1.82) is 0 Å². The molecule has 3 aromatic carbocycles. The zero-order valence-electron chi connectivity index (χ0n) is 18.9. The Morgan fingerprint density at radius 1 is 1.06 bits per heavy atom. The molecule has 2 heterocycles. The molecule has 1 aromatic heterocycles. The summed E-state index contributed by atoms with van der Waals surface area (Å²) < 4.78 is 5.49. The molecule has 170 valence electrons. The van der Waals surface area contributed by atoms with Gasteiger partial charge >= 0.3 is 5.97 Å². The first kappa shape index (κ1) is 21.6. The molecule has 1 aliphatic rings. The lowest BCUT2D eigenvalue weighted by Gasteiger charge is -2.38. The normalized spacial score (nSPS) is 15.0. The molecule has 0 saturated carbocycles. The Labute approximate surface area is 198 Å². The van der Waals surface area contributed by atoms with Crippen LogP contribution in [0.2, 0.25) is 0 Å². The number of hydrogen-bond acceptors (Lipinski definition) is 5. The molecule has 1 atom stereocenters. The Morgan fingerprint density at radius 2 is 1.85 bits per heavy atom. The van der Waals surface area contributed by atoms with E-state index in [1.807, 2.05) is 54.6 Å². The Bertz CT molecular complexity index is 1320. The van der Waals surface area contributed by atoms with Crippen molar-refractivity contribution in [3.63, 3.8) is 0 Å². The average Bonchev–Trinajstić information content (AvgIpc) is 2.88. The van der Waals surface area contributed by atoms with E-state index in [2.05, 4.69) is 34.1 Å². The molecular weight excluding hydrogens is 426 g/mol. The van der Waals surface area contributed by atoms with Crippen molar-refractivity contribution in [3.8, 4) is 5.75 Å². The summed E-state index contributed by atoms with van der Waals surface area (Å²) in [5.41, 5.74) is 5.19. The number of fused-ring (bicyclic) bond motifs is 1. The van der Waals surface area contributed by atoms with Crippen LogP contribution in [0.15, 0.2) is 85.1 Å². The third kappa shape index (κ3) is 4.22. The van der Waals surface area contributed by atoms with E-state index in [1.54, 1.807) is 7.11 Å². The molecule has 6 nitrogen and oxygen atoms in total. The number of rotatable bonds is 6. The Balaban J connectivity index is 1.61. The molecule has 5 rings (SSSR count). The topological polar surface area (TPSA) is 75.5 Å². The minimum absolute atomic E-state index is 0.111. The fourth-order valence-corrected chi connectivity index (χ4v) is 4.60. The van der Waals surface area contributed by atoms with E-state index in [-0.39, 0.29) is 11.6 Å². The number of ether oxygens (including phenoxy) is 1. The van der Waals surface area contributed by atoms with E-state index in [1.165, 1.54) is 17.3 Å². The van der Waals surface area contributed by atoms with Gasteiger partial charge in [-0.05, 0) is 40.8 Å². The second-order valence-corrected chi connectivity index (χ2v) is 8.32. The van der Waals surface area contributed by atoms with Gasteiger partial charge in [0.2, 0.25) is 5.95 Å². The van der Waals surface area contributed by atoms with Crippen molar-refractivity contribution >= 4 is 11.9 Å². The van der Waals surface area contributed by atoms with Gasteiger partial charge in [0.25, 0.3) is 0 Å². The molecule has 6 heteroatoms. The summed E-state index contributed by atoms with van der Waals surface area (Å²) >= 11 is 0. The van der Waals surface area contributed by atoms with Crippen LogP contribution in [-0.4, -0.2) is 34.7 Å². The standard InChI is InChI=1S/C28H25N3O3/c1-34-22-12-7-11-21(17-22)26-23-13-6-5-10-20(23)14-15-31(26)28-29-18-24(27(32)33)25(30-28)16-19-8-3-2-4-9-19/h2-13,17-18,26H,14-16H2,1H3,(H,32,33)/t26-/m1/s1. The Hall–Kier alpha value is -4.19. The van der Waals surface area contributed by atoms with Crippen molar-refractivity contribution in [3.05, 3.63) is 119 Å². The van der Waals surface area contributed by atoms with Gasteiger partial charge in [0.15, 0.2) is 0 Å². The van der Waals surface area contributed by atoms with Gasteiger partial charge in [-0.2, -0.15) is 0 Å². The first-order chi connectivity index (χ1) is 16.6. The molecule has 0 amide bonds. The lowest BCUT2D eigenvalue weighted by molar-refractivity contribution is 0.0695. The molecule has 34 heavy (non-hydrogen) atoms. The number of nitrogens with zero attached hydrogens (tertiary/aromatic N) is 3. The van der Waals surface area contributed by atoms with Gasteiger partial charge in [0, 0.05) is 19.2 Å². The summed E-state index contributed by atoms with van der Waals surface area (Å²) in [7, 11) is 1.66. The maximum absolute atomic E-state index is 11.9. The number of methoxy groups -OCH3 is 1. The maximum atomic E-state index is 11.9. The molecule has 0 radical (unpaired) electrons. The lowest BCUT2D eigenvalue weighted by atomic mass is 9.88. The number of aromatic nitrogens is 2. The van der Waals surface area contributed by atoms with Crippen LogP contribution in [0.1, 0.15) is 44.3 Å². The fraction of sp³-hybridized carbons (Fsp3) is 0.179. The molecule has 0 aliphatic carbocycles. The molecule has 0 saturated heterocycles. The van der Waals surface area contributed by atoms with Gasteiger partial charge in [-0.1, -0.05) is 66.7 Å². The first-order valence-corrected chi connectivity index (χ1v) is 11.3. The number of carbonyl (C=O) groups is 1. The zero-order valence-corrected chi connectivity index (χ0v) is 18.9. The monoisotopic (exact) mass is 451 g/mol. The van der Waals surface area contributed by atoms with E-state index in [0.717, 1.165) is 29.8 Å². The quantitative estimate of drug-likeness (QED) is 0.448.